The van der Waals surface area contributed by atoms with Gasteiger partial charge in [-0.2, -0.15) is 0 Å². The predicted molar refractivity (Wildman–Crippen MR) is 74.5 cm³/mol. The molecule has 1 aliphatic carbocycles. The average molecular weight is 269 g/mol. The molecule has 4 heteroatoms. The molecule has 18 heavy (non-hydrogen) atoms. The number of hydrogen-bond acceptors (Lipinski definition) is 3. The zero-order valence-electron chi connectivity index (χ0n) is 10.8. The molecule has 1 aromatic carbocycles. The number of hydrazine groups is 1. The van der Waals surface area contributed by atoms with E-state index in [2.05, 4.69) is 5.43 Å². The first kappa shape index (κ1) is 13.8. The Morgan fingerprint density at radius 3 is 2.61 bits per heavy atom. The van der Waals surface area contributed by atoms with Gasteiger partial charge in [0.1, 0.15) is 0 Å². The molecule has 1 fully saturated rings. The monoisotopic (exact) mass is 268 g/mol. The topological polar surface area (TPSA) is 47.3 Å². The Bertz CT molecular complexity index is 391. The van der Waals surface area contributed by atoms with Gasteiger partial charge in [0.25, 0.3) is 0 Å². The van der Waals surface area contributed by atoms with Crippen LogP contribution < -0.4 is 11.3 Å². The zero-order valence-corrected chi connectivity index (χ0v) is 11.5. The lowest BCUT2D eigenvalue weighted by molar-refractivity contribution is -0.0355. The van der Waals surface area contributed by atoms with Crippen molar-refractivity contribution in [1.29, 1.82) is 0 Å². The number of benzene rings is 1. The summed E-state index contributed by atoms with van der Waals surface area (Å²) in [4.78, 5) is 0. The van der Waals surface area contributed by atoms with E-state index >= 15 is 0 Å². The Morgan fingerprint density at radius 2 is 2.06 bits per heavy atom. The fraction of sp³-hybridized carbons (Fsp3) is 0.571. The maximum absolute atomic E-state index is 6.21. The molecular weight excluding hydrogens is 248 g/mol. The first-order valence-electron chi connectivity index (χ1n) is 6.46. The minimum absolute atomic E-state index is 0.102. The van der Waals surface area contributed by atoms with Crippen molar-refractivity contribution in [2.75, 3.05) is 7.11 Å². The van der Waals surface area contributed by atoms with Gasteiger partial charge >= 0.3 is 0 Å². The third-order valence-corrected chi connectivity index (χ3v) is 4.44. The van der Waals surface area contributed by atoms with Crippen molar-refractivity contribution in [2.45, 2.75) is 43.7 Å². The highest BCUT2D eigenvalue weighted by atomic mass is 35.5. The molecule has 0 amide bonds. The van der Waals surface area contributed by atoms with E-state index in [4.69, 9.17) is 22.2 Å². The second-order valence-corrected chi connectivity index (χ2v) is 5.40. The summed E-state index contributed by atoms with van der Waals surface area (Å²) in [5, 5.41) is 0.794. The number of halogens is 1. The van der Waals surface area contributed by atoms with Crippen LogP contribution in [0.3, 0.4) is 0 Å². The van der Waals surface area contributed by atoms with Crippen molar-refractivity contribution < 1.29 is 4.74 Å². The van der Waals surface area contributed by atoms with Crippen molar-refractivity contribution >= 4 is 11.6 Å². The van der Waals surface area contributed by atoms with Crippen molar-refractivity contribution in [2.24, 2.45) is 5.84 Å². The van der Waals surface area contributed by atoms with E-state index in [0.717, 1.165) is 29.8 Å². The maximum atomic E-state index is 6.21. The van der Waals surface area contributed by atoms with Gasteiger partial charge < -0.3 is 4.74 Å². The van der Waals surface area contributed by atoms with Gasteiger partial charge in [0.2, 0.25) is 0 Å². The lowest BCUT2D eigenvalue weighted by atomic mass is 9.88. The standard InChI is InChI=1S/C14H21ClN2O/c1-18-14(8-4-5-9-14)13(17-16)10-11-6-2-3-7-12(11)15/h2-3,6-7,13,17H,4-5,8-10,16H2,1H3. The van der Waals surface area contributed by atoms with E-state index in [1.807, 2.05) is 24.3 Å². The fourth-order valence-electron chi connectivity index (χ4n) is 2.95. The third kappa shape index (κ3) is 2.69. The van der Waals surface area contributed by atoms with Gasteiger partial charge in [-0.05, 0) is 30.9 Å². The summed E-state index contributed by atoms with van der Waals surface area (Å²) in [7, 11) is 1.78. The second-order valence-electron chi connectivity index (χ2n) is 4.99. The van der Waals surface area contributed by atoms with Crippen LogP contribution in [0.15, 0.2) is 24.3 Å². The van der Waals surface area contributed by atoms with Gasteiger partial charge in [-0.1, -0.05) is 42.6 Å². The summed E-state index contributed by atoms with van der Waals surface area (Å²) in [6, 6.07) is 8.01. The smallest absolute Gasteiger partial charge is 0.0847 e. The summed E-state index contributed by atoms with van der Waals surface area (Å²) in [5.41, 5.74) is 3.90. The number of nitrogens with two attached hydrogens (primary N) is 1. The Hall–Kier alpha value is -0.610. The molecule has 100 valence electrons. The summed E-state index contributed by atoms with van der Waals surface area (Å²) < 4.78 is 5.78. The predicted octanol–water partition coefficient (Wildman–Crippen LogP) is 2.67. The normalized spacial score (nSPS) is 19.9. The molecule has 1 unspecified atom stereocenters. The highest BCUT2D eigenvalue weighted by molar-refractivity contribution is 6.31. The number of rotatable bonds is 5. The van der Waals surface area contributed by atoms with Gasteiger partial charge in [-0.3, -0.25) is 11.3 Å². The van der Waals surface area contributed by atoms with E-state index in [9.17, 15) is 0 Å². The number of ether oxygens (including phenoxy) is 1. The minimum atomic E-state index is -0.145. The minimum Gasteiger partial charge on any atom is -0.377 e. The first-order valence-corrected chi connectivity index (χ1v) is 6.84. The van der Waals surface area contributed by atoms with Crippen LogP contribution in [0.5, 0.6) is 0 Å². The van der Waals surface area contributed by atoms with Crippen LogP contribution in [0, 0.1) is 0 Å². The second kappa shape index (κ2) is 6.02. The van der Waals surface area contributed by atoms with Gasteiger partial charge in [0.15, 0.2) is 0 Å². The molecule has 0 aromatic heterocycles. The molecule has 3 nitrogen and oxygen atoms in total. The molecule has 0 heterocycles. The van der Waals surface area contributed by atoms with Crippen molar-refractivity contribution in [3.05, 3.63) is 34.9 Å². The molecule has 3 N–H and O–H groups in total. The Kier molecular flexibility index (Phi) is 4.62. The zero-order chi connectivity index (χ0) is 13.0. The number of methoxy groups -OCH3 is 1. The summed E-state index contributed by atoms with van der Waals surface area (Å²) in [5.74, 6) is 5.74. The van der Waals surface area contributed by atoms with Crippen LogP contribution in [0.25, 0.3) is 0 Å². The molecule has 0 aliphatic heterocycles. The van der Waals surface area contributed by atoms with Crippen LogP contribution in [0.2, 0.25) is 5.02 Å². The van der Waals surface area contributed by atoms with Gasteiger partial charge in [-0.25, -0.2) is 0 Å². The summed E-state index contributed by atoms with van der Waals surface area (Å²) in [6.07, 6.45) is 5.32. The molecule has 1 atom stereocenters. The first-order chi connectivity index (χ1) is 8.72. The van der Waals surface area contributed by atoms with Crippen LogP contribution in [0.1, 0.15) is 31.2 Å². The van der Waals surface area contributed by atoms with E-state index in [1.54, 1.807) is 7.11 Å². The molecule has 1 saturated carbocycles. The largest absolute Gasteiger partial charge is 0.377 e. The molecule has 0 bridgehead atoms. The number of hydrogen-bond donors (Lipinski definition) is 2. The third-order valence-electron chi connectivity index (χ3n) is 4.07. The molecule has 0 saturated heterocycles. The van der Waals surface area contributed by atoms with Crippen LogP contribution in [-0.2, 0) is 11.2 Å². The quantitative estimate of drug-likeness (QED) is 0.638. The van der Waals surface area contributed by atoms with Crippen molar-refractivity contribution in [3.8, 4) is 0 Å². The van der Waals surface area contributed by atoms with Gasteiger partial charge in [0.05, 0.1) is 11.6 Å². The molecule has 2 rings (SSSR count). The Balaban J connectivity index is 2.16. The average Bonchev–Trinajstić information content (AvgIpc) is 2.88. The molecule has 0 spiro atoms. The molecular formula is C14H21ClN2O. The summed E-state index contributed by atoms with van der Waals surface area (Å²) >= 11 is 6.21. The van der Waals surface area contributed by atoms with Crippen molar-refractivity contribution in [3.63, 3.8) is 0 Å². The van der Waals surface area contributed by atoms with Crippen LogP contribution in [-0.4, -0.2) is 18.8 Å². The van der Waals surface area contributed by atoms with Crippen molar-refractivity contribution in [1.82, 2.24) is 5.43 Å². The lowest BCUT2D eigenvalue weighted by Gasteiger charge is -2.36. The Morgan fingerprint density at radius 1 is 1.39 bits per heavy atom. The SMILES string of the molecule is COC1(C(Cc2ccccc2Cl)NN)CCCC1. The fourth-order valence-corrected chi connectivity index (χ4v) is 3.16. The van der Waals surface area contributed by atoms with Gasteiger partial charge in [-0.15, -0.1) is 0 Å². The van der Waals surface area contributed by atoms with E-state index in [-0.39, 0.29) is 11.6 Å². The Labute approximate surface area is 114 Å². The highest BCUT2D eigenvalue weighted by Gasteiger charge is 2.41. The van der Waals surface area contributed by atoms with E-state index in [0.29, 0.717) is 0 Å². The number of nitrogens with one attached hydrogen (secondary N) is 1. The highest BCUT2D eigenvalue weighted by Crippen LogP contribution is 2.37. The van der Waals surface area contributed by atoms with Gasteiger partial charge in [0, 0.05) is 12.1 Å². The molecule has 1 aromatic rings. The van der Waals surface area contributed by atoms with E-state index < -0.39 is 0 Å². The van der Waals surface area contributed by atoms with E-state index in [1.165, 1.54) is 12.8 Å². The van der Waals surface area contributed by atoms with Crippen LogP contribution in [0.4, 0.5) is 0 Å². The molecule has 1 aliphatic rings. The lowest BCUT2D eigenvalue weighted by Crippen LogP contribution is -2.54. The van der Waals surface area contributed by atoms with Crippen LogP contribution >= 0.6 is 11.6 Å². The molecule has 0 radical (unpaired) electrons. The maximum Gasteiger partial charge on any atom is 0.0847 e. The summed E-state index contributed by atoms with van der Waals surface area (Å²) in [6.45, 7) is 0.